The Morgan fingerprint density at radius 1 is 1.36 bits per heavy atom. The third kappa shape index (κ3) is 2.45. The smallest absolute Gasteiger partial charge is 0.394 e. The zero-order valence-electron chi connectivity index (χ0n) is 8.56. The average molecular weight is 200 g/mol. The van der Waals surface area contributed by atoms with Crippen molar-refractivity contribution in [2.75, 3.05) is 27.2 Å². The van der Waals surface area contributed by atoms with Crippen LogP contribution in [0.3, 0.4) is 0 Å². The number of aliphatic carboxylic acids is 1. The summed E-state index contributed by atoms with van der Waals surface area (Å²) in [5.74, 6) is -2.18. The molecule has 1 heterocycles. The van der Waals surface area contributed by atoms with Gasteiger partial charge in [-0.1, -0.05) is 0 Å². The van der Waals surface area contributed by atoms with E-state index >= 15 is 0 Å². The number of hydrogen-bond donors (Lipinski definition) is 1. The number of nitrogens with zero attached hydrogens (tertiary/aromatic N) is 2. The van der Waals surface area contributed by atoms with Crippen LogP contribution >= 0.6 is 0 Å². The Morgan fingerprint density at radius 3 is 2.29 bits per heavy atom. The first kappa shape index (κ1) is 11.0. The molecular formula is C9H16N2O3. The molecule has 0 unspecified atom stereocenters. The summed E-state index contributed by atoms with van der Waals surface area (Å²) in [6.45, 7) is 1.84. The SMILES string of the molecule is CN1CCC(N(C)C(=O)C(=O)O)CC1. The number of likely N-dealkylation sites (N-methyl/N-ethyl adjacent to an activating group) is 1. The number of hydrogen-bond acceptors (Lipinski definition) is 3. The molecule has 1 N–H and O–H groups in total. The van der Waals surface area contributed by atoms with Crippen molar-refractivity contribution >= 4 is 11.9 Å². The normalized spacial score (nSPS) is 19.3. The van der Waals surface area contributed by atoms with Crippen molar-refractivity contribution < 1.29 is 14.7 Å². The third-order valence-corrected chi connectivity index (χ3v) is 2.74. The number of carbonyl (C=O) groups excluding carboxylic acids is 1. The van der Waals surface area contributed by atoms with Crippen molar-refractivity contribution in [3.05, 3.63) is 0 Å². The van der Waals surface area contributed by atoms with Gasteiger partial charge in [-0.2, -0.15) is 0 Å². The molecule has 1 fully saturated rings. The van der Waals surface area contributed by atoms with Gasteiger partial charge in [0, 0.05) is 13.1 Å². The molecule has 1 saturated heterocycles. The maximum absolute atomic E-state index is 11.1. The first-order chi connectivity index (χ1) is 6.52. The van der Waals surface area contributed by atoms with Gasteiger partial charge in [-0.3, -0.25) is 4.79 Å². The van der Waals surface area contributed by atoms with Gasteiger partial charge in [0.25, 0.3) is 0 Å². The van der Waals surface area contributed by atoms with Crippen LogP contribution in [0.5, 0.6) is 0 Å². The molecule has 80 valence electrons. The largest absolute Gasteiger partial charge is 0.474 e. The fourth-order valence-corrected chi connectivity index (χ4v) is 1.70. The van der Waals surface area contributed by atoms with E-state index in [4.69, 9.17) is 5.11 Å². The zero-order chi connectivity index (χ0) is 10.7. The third-order valence-electron chi connectivity index (χ3n) is 2.74. The Labute approximate surface area is 83.3 Å². The van der Waals surface area contributed by atoms with Crippen LogP contribution in [-0.2, 0) is 9.59 Å². The molecule has 0 aliphatic carbocycles. The molecule has 1 amide bonds. The number of carboxylic acids is 1. The van der Waals surface area contributed by atoms with E-state index < -0.39 is 11.9 Å². The summed E-state index contributed by atoms with van der Waals surface area (Å²) < 4.78 is 0. The van der Waals surface area contributed by atoms with Crippen LogP contribution in [0.4, 0.5) is 0 Å². The summed E-state index contributed by atoms with van der Waals surface area (Å²) in [6.07, 6.45) is 1.71. The number of carbonyl (C=O) groups is 2. The molecule has 0 saturated carbocycles. The monoisotopic (exact) mass is 200 g/mol. The second kappa shape index (κ2) is 4.41. The van der Waals surface area contributed by atoms with Gasteiger partial charge in [0.15, 0.2) is 0 Å². The van der Waals surface area contributed by atoms with Crippen LogP contribution < -0.4 is 0 Å². The molecule has 5 heteroatoms. The summed E-state index contributed by atoms with van der Waals surface area (Å²) in [5, 5.41) is 8.53. The first-order valence-electron chi connectivity index (χ1n) is 4.71. The molecule has 0 aromatic rings. The lowest BCUT2D eigenvalue weighted by Crippen LogP contribution is -2.46. The number of carboxylic acid groups (broad SMARTS) is 1. The fourth-order valence-electron chi connectivity index (χ4n) is 1.70. The lowest BCUT2D eigenvalue weighted by Gasteiger charge is -2.34. The Morgan fingerprint density at radius 2 is 1.86 bits per heavy atom. The van der Waals surface area contributed by atoms with Crippen LogP contribution in [0.1, 0.15) is 12.8 Å². The second-order valence-corrected chi connectivity index (χ2v) is 3.76. The van der Waals surface area contributed by atoms with Crippen LogP contribution in [0, 0.1) is 0 Å². The van der Waals surface area contributed by atoms with Gasteiger partial charge in [-0.05, 0) is 33.0 Å². The van der Waals surface area contributed by atoms with Crippen LogP contribution in [0.15, 0.2) is 0 Å². The van der Waals surface area contributed by atoms with Gasteiger partial charge < -0.3 is 14.9 Å². The van der Waals surface area contributed by atoms with E-state index in [9.17, 15) is 9.59 Å². The molecule has 0 spiro atoms. The Kier molecular flexibility index (Phi) is 3.46. The minimum atomic E-state index is -1.37. The molecule has 0 aromatic carbocycles. The van der Waals surface area contributed by atoms with E-state index in [1.54, 1.807) is 7.05 Å². The summed E-state index contributed by atoms with van der Waals surface area (Å²) in [5.41, 5.74) is 0. The van der Waals surface area contributed by atoms with Crippen LogP contribution in [0.2, 0.25) is 0 Å². The van der Waals surface area contributed by atoms with Crippen molar-refractivity contribution in [3.63, 3.8) is 0 Å². The topological polar surface area (TPSA) is 60.9 Å². The Balaban J connectivity index is 2.49. The molecule has 0 aromatic heterocycles. The van der Waals surface area contributed by atoms with Gasteiger partial charge in [0.2, 0.25) is 0 Å². The van der Waals surface area contributed by atoms with E-state index in [1.807, 2.05) is 7.05 Å². The van der Waals surface area contributed by atoms with Gasteiger partial charge in [-0.25, -0.2) is 4.79 Å². The molecule has 0 radical (unpaired) electrons. The zero-order valence-corrected chi connectivity index (χ0v) is 8.56. The number of rotatable bonds is 1. The number of piperidine rings is 1. The maximum atomic E-state index is 11.1. The lowest BCUT2D eigenvalue weighted by atomic mass is 10.0. The summed E-state index contributed by atoms with van der Waals surface area (Å²) in [6, 6.07) is 0.0785. The predicted octanol–water partition coefficient (Wildman–Crippen LogP) is -0.376. The number of likely N-dealkylation sites (tertiary alicyclic amines) is 1. The highest BCUT2D eigenvalue weighted by Crippen LogP contribution is 2.13. The van der Waals surface area contributed by atoms with Crippen molar-refractivity contribution in [2.45, 2.75) is 18.9 Å². The highest BCUT2D eigenvalue weighted by molar-refractivity contribution is 6.31. The molecule has 5 nitrogen and oxygen atoms in total. The van der Waals surface area contributed by atoms with Gasteiger partial charge in [0.05, 0.1) is 0 Å². The standard InChI is InChI=1S/C9H16N2O3/c1-10-5-3-7(4-6-10)11(2)8(12)9(13)14/h7H,3-6H2,1-2H3,(H,13,14). The first-order valence-corrected chi connectivity index (χ1v) is 4.71. The molecule has 1 aliphatic heterocycles. The van der Waals surface area contributed by atoms with Gasteiger partial charge in [-0.15, -0.1) is 0 Å². The quantitative estimate of drug-likeness (QED) is 0.586. The van der Waals surface area contributed by atoms with Crippen molar-refractivity contribution in [3.8, 4) is 0 Å². The molecule has 0 bridgehead atoms. The minimum Gasteiger partial charge on any atom is -0.474 e. The van der Waals surface area contributed by atoms with E-state index in [-0.39, 0.29) is 6.04 Å². The van der Waals surface area contributed by atoms with E-state index in [0.717, 1.165) is 25.9 Å². The van der Waals surface area contributed by atoms with Crippen LogP contribution in [0.25, 0.3) is 0 Å². The average Bonchev–Trinajstić information content (AvgIpc) is 2.16. The summed E-state index contributed by atoms with van der Waals surface area (Å²) >= 11 is 0. The summed E-state index contributed by atoms with van der Waals surface area (Å²) in [7, 11) is 3.58. The lowest BCUT2D eigenvalue weighted by molar-refractivity contribution is -0.156. The van der Waals surface area contributed by atoms with Crippen molar-refractivity contribution in [1.29, 1.82) is 0 Å². The molecular weight excluding hydrogens is 184 g/mol. The predicted molar refractivity (Wildman–Crippen MR) is 50.9 cm³/mol. The Hall–Kier alpha value is -1.10. The Bertz CT molecular complexity index is 234. The van der Waals surface area contributed by atoms with E-state index in [2.05, 4.69) is 4.90 Å². The maximum Gasteiger partial charge on any atom is 0.394 e. The highest BCUT2D eigenvalue weighted by atomic mass is 16.4. The highest BCUT2D eigenvalue weighted by Gasteiger charge is 2.27. The molecule has 0 atom stereocenters. The fraction of sp³-hybridized carbons (Fsp3) is 0.778. The van der Waals surface area contributed by atoms with Gasteiger partial charge in [0.1, 0.15) is 0 Å². The minimum absolute atomic E-state index is 0.0785. The number of amides is 1. The van der Waals surface area contributed by atoms with E-state index in [0.29, 0.717) is 0 Å². The molecule has 14 heavy (non-hydrogen) atoms. The van der Waals surface area contributed by atoms with Crippen LogP contribution in [-0.4, -0.2) is 60.0 Å². The molecule has 1 rings (SSSR count). The van der Waals surface area contributed by atoms with E-state index in [1.165, 1.54) is 4.90 Å². The van der Waals surface area contributed by atoms with Gasteiger partial charge >= 0.3 is 11.9 Å². The van der Waals surface area contributed by atoms with Crippen molar-refractivity contribution in [2.24, 2.45) is 0 Å². The second-order valence-electron chi connectivity index (χ2n) is 3.76. The summed E-state index contributed by atoms with van der Waals surface area (Å²) in [4.78, 5) is 25.1. The van der Waals surface area contributed by atoms with Crippen molar-refractivity contribution in [1.82, 2.24) is 9.80 Å². The molecule has 1 aliphatic rings.